The largest absolute Gasteiger partial charge is 0.493 e. The van der Waals surface area contributed by atoms with Gasteiger partial charge in [0, 0.05) is 11.8 Å². The van der Waals surface area contributed by atoms with E-state index in [2.05, 4.69) is 4.99 Å². The van der Waals surface area contributed by atoms with Crippen molar-refractivity contribution in [1.29, 1.82) is 0 Å². The molecule has 2 aromatic rings. The van der Waals surface area contributed by atoms with E-state index in [4.69, 9.17) is 32.7 Å². The van der Waals surface area contributed by atoms with Gasteiger partial charge in [0.15, 0.2) is 11.5 Å². The SMILES string of the molecule is COc1cccc(C=Nc2ccc(Cl)c(Cl)c2)c1OC(C)C. The van der Waals surface area contributed by atoms with E-state index in [0.29, 0.717) is 27.2 Å². The Morgan fingerprint density at radius 2 is 1.86 bits per heavy atom. The van der Waals surface area contributed by atoms with Crippen LogP contribution in [0.15, 0.2) is 41.4 Å². The minimum Gasteiger partial charge on any atom is -0.493 e. The van der Waals surface area contributed by atoms with Gasteiger partial charge in [0.25, 0.3) is 0 Å². The monoisotopic (exact) mass is 337 g/mol. The fraction of sp³-hybridized carbons (Fsp3) is 0.235. The number of halogens is 2. The number of aliphatic imine (C=N–C) groups is 1. The highest BCUT2D eigenvalue weighted by Crippen LogP contribution is 2.32. The summed E-state index contributed by atoms with van der Waals surface area (Å²) >= 11 is 11.9. The highest BCUT2D eigenvalue weighted by atomic mass is 35.5. The van der Waals surface area contributed by atoms with Crippen molar-refractivity contribution in [3.8, 4) is 11.5 Å². The fourth-order valence-electron chi connectivity index (χ4n) is 1.87. The van der Waals surface area contributed by atoms with Gasteiger partial charge in [0.1, 0.15) is 0 Å². The first-order valence-electron chi connectivity index (χ1n) is 6.84. The average Bonchev–Trinajstić information content (AvgIpc) is 2.49. The van der Waals surface area contributed by atoms with Gasteiger partial charge in [-0.3, -0.25) is 4.99 Å². The van der Waals surface area contributed by atoms with Gasteiger partial charge < -0.3 is 9.47 Å². The Labute approximate surface area is 140 Å². The van der Waals surface area contributed by atoms with Crippen LogP contribution in [0.1, 0.15) is 19.4 Å². The van der Waals surface area contributed by atoms with Crippen LogP contribution in [-0.4, -0.2) is 19.4 Å². The van der Waals surface area contributed by atoms with Gasteiger partial charge in [-0.1, -0.05) is 29.3 Å². The van der Waals surface area contributed by atoms with Crippen molar-refractivity contribution < 1.29 is 9.47 Å². The Balaban J connectivity index is 2.35. The average molecular weight is 338 g/mol. The van der Waals surface area contributed by atoms with Gasteiger partial charge in [-0.15, -0.1) is 0 Å². The molecule has 0 aliphatic heterocycles. The maximum atomic E-state index is 5.99. The van der Waals surface area contributed by atoms with E-state index < -0.39 is 0 Å². The second-order valence-corrected chi connectivity index (χ2v) is 5.72. The van der Waals surface area contributed by atoms with E-state index in [1.54, 1.807) is 31.5 Å². The van der Waals surface area contributed by atoms with Crippen molar-refractivity contribution in [2.45, 2.75) is 20.0 Å². The molecule has 0 fully saturated rings. The van der Waals surface area contributed by atoms with Crippen molar-refractivity contribution in [1.82, 2.24) is 0 Å². The summed E-state index contributed by atoms with van der Waals surface area (Å²) in [6.45, 7) is 3.93. The molecule has 5 heteroatoms. The van der Waals surface area contributed by atoms with E-state index in [1.165, 1.54) is 0 Å². The quantitative estimate of drug-likeness (QED) is 0.670. The van der Waals surface area contributed by atoms with E-state index in [9.17, 15) is 0 Å². The van der Waals surface area contributed by atoms with E-state index >= 15 is 0 Å². The lowest BCUT2D eigenvalue weighted by molar-refractivity contribution is 0.230. The van der Waals surface area contributed by atoms with Crippen LogP contribution in [-0.2, 0) is 0 Å². The number of ether oxygens (including phenoxy) is 2. The third-order valence-electron chi connectivity index (χ3n) is 2.84. The Morgan fingerprint density at radius 1 is 1.09 bits per heavy atom. The molecule has 0 saturated carbocycles. The number of nitrogens with zero attached hydrogens (tertiary/aromatic N) is 1. The second kappa shape index (κ2) is 7.52. The summed E-state index contributed by atoms with van der Waals surface area (Å²) in [6.07, 6.45) is 1.76. The fourth-order valence-corrected chi connectivity index (χ4v) is 2.16. The number of rotatable bonds is 5. The van der Waals surface area contributed by atoms with Crippen LogP contribution in [0.25, 0.3) is 0 Å². The summed E-state index contributed by atoms with van der Waals surface area (Å²) in [4.78, 5) is 4.42. The molecule has 0 saturated heterocycles. The van der Waals surface area contributed by atoms with Crippen LogP contribution in [0.4, 0.5) is 5.69 Å². The van der Waals surface area contributed by atoms with E-state index in [-0.39, 0.29) is 6.10 Å². The lowest BCUT2D eigenvalue weighted by Crippen LogP contribution is -2.08. The van der Waals surface area contributed by atoms with E-state index in [1.807, 2.05) is 32.0 Å². The van der Waals surface area contributed by atoms with Gasteiger partial charge in [-0.25, -0.2) is 0 Å². The lowest BCUT2D eigenvalue weighted by Gasteiger charge is -2.15. The number of benzene rings is 2. The molecular weight excluding hydrogens is 321 g/mol. The number of para-hydroxylation sites is 1. The minimum absolute atomic E-state index is 0.0356. The van der Waals surface area contributed by atoms with Gasteiger partial charge in [0.05, 0.1) is 28.9 Å². The van der Waals surface area contributed by atoms with Gasteiger partial charge in [-0.2, -0.15) is 0 Å². The minimum atomic E-state index is 0.0356. The van der Waals surface area contributed by atoms with Crippen molar-refractivity contribution in [3.05, 3.63) is 52.0 Å². The molecule has 0 amide bonds. The summed E-state index contributed by atoms with van der Waals surface area (Å²) < 4.78 is 11.2. The first-order valence-corrected chi connectivity index (χ1v) is 7.59. The van der Waals surface area contributed by atoms with Crippen LogP contribution in [0.5, 0.6) is 11.5 Å². The molecule has 0 bridgehead atoms. The van der Waals surface area contributed by atoms with Crippen molar-refractivity contribution in [2.24, 2.45) is 4.99 Å². The first-order chi connectivity index (χ1) is 10.5. The molecule has 2 aromatic carbocycles. The molecule has 116 valence electrons. The molecular formula is C17H17Cl2NO2. The number of methoxy groups -OCH3 is 1. The first kappa shape index (κ1) is 16.7. The van der Waals surface area contributed by atoms with Crippen LogP contribution in [0.3, 0.4) is 0 Å². The molecule has 0 spiro atoms. The molecule has 2 rings (SSSR count). The van der Waals surface area contributed by atoms with Crippen molar-refractivity contribution in [2.75, 3.05) is 7.11 Å². The molecule has 0 aliphatic carbocycles. The Bertz CT molecular complexity index is 684. The predicted molar refractivity (Wildman–Crippen MR) is 92.5 cm³/mol. The third-order valence-corrected chi connectivity index (χ3v) is 3.58. The predicted octanol–water partition coefficient (Wildman–Crippen LogP) is 5.54. The van der Waals surface area contributed by atoms with Gasteiger partial charge in [-0.05, 0) is 44.2 Å². The Morgan fingerprint density at radius 3 is 2.50 bits per heavy atom. The Kier molecular flexibility index (Phi) is 5.69. The standard InChI is InChI=1S/C17H17Cl2NO2/c1-11(2)22-17-12(5-4-6-16(17)21-3)10-20-13-7-8-14(18)15(19)9-13/h4-11H,1-3H3. The molecule has 0 N–H and O–H groups in total. The zero-order chi connectivity index (χ0) is 16.1. The molecule has 0 aliphatic rings. The zero-order valence-electron chi connectivity index (χ0n) is 12.6. The summed E-state index contributed by atoms with van der Waals surface area (Å²) in [6, 6.07) is 10.9. The van der Waals surface area contributed by atoms with Crippen LogP contribution < -0.4 is 9.47 Å². The molecule has 3 nitrogen and oxygen atoms in total. The van der Waals surface area contributed by atoms with Crippen molar-refractivity contribution in [3.63, 3.8) is 0 Å². The topological polar surface area (TPSA) is 30.8 Å². The molecule has 0 aromatic heterocycles. The second-order valence-electron chi connectivity index (χ2n) is 4.90. The maximum Gasteiger partial charge on any atom is 0.170 e. The van der Waals surface area contributed by atoms with Crippen LogP contribution in [0, 0.1) is 0 Å². The Hall–Kier alpha value is -1.71. The third kappa shape index (κ3) is 4.15. The smallest absolute Gasteiger partial charge is 0.170 e. The molecule has 0 unspecified atom stereocenters. The number of hydrogen-bond acceptors (Lipinski definition) is 3. The van der Waals surface area contributed by atoms with Gasteiger partial charge in [0.2, 0.25) is 0 Å². The van der Waals surface area contributed by atoms with Crippen LogP contribution in [0.2, 0.25) is 10.0 Å². The molecule has 0 radical (unpaired) electrons. The summed E-state index contributed by atoms with van der Waals surface area (Å²) in [5.41, 5.74) is 1.55. The van der Waals surface area contributed by atoms with Crippen LogP contribution >= 0.6 is 23.2 Å². The summed E-state index contributed by atoms with van der Waals surface area (Å²) in [5, 5.41) is 0.978. The van der Waals surface area contributed by atoms with Gasteiger partial charge >= 0.3 is 0 Å². The molecule has 0 atom stereocenters. The summed E-state index contributed by atoms with van der Waals surface area (Å²) in [5.74, 6) is 1.34. The molecule has 22 heavy (non-hydrogen) atoms. The molecule has 0 heterocycles. The maximum absolute atomic E-state index is 5.99. The highest BCUT2D eigenvalue weighted by molar-refractivity contribution is 6.42. The highest BCUT2D eigenvalue weighted by Gasteiger charge is 2.10. The zero-order valence-corrected chi connectivity index (χ0v) is 14.2. The summed E-state index contributed by atoms with van der Waals surface area (Å²) in [7, 11) is 1.61. The van der Waals surface area contributed by atoms with E-state index in [0.717, 1.165) is 5.56 Å². The lowest BCUT2D eigenvalue weighted by atomic mass is 10.2. The number of hydrogen-bond donors (Lipinski definition) is 0. The normalized spacial score (nSPS) is 11.2. The van der Waals surface area contributed by atoms with Crippen molar-refractivity contribution >= 4 is 35.1 Å².